The Bertz CT molecular complexity index is 1410. The largest absolute Gasteiger partial charge is 0.379 e. The molecule has 0 aromatic heterocycles. The van der Waals surface area contributed by atoms with Crippen molar-refractivity contribution >= 4 is 17.6 Å². The molecule has 3 aliphatic carbocycles. The number of hydrogen-bond donors (Lipinski definition) is 2. The SMILES string of the molecule is CN1CCCC1CCNC(=O)C1=CN2C3CC4OC5CCCCC5C4CC3OC3C(N4CC[C@@H](NC(=O)CCN5CCOCC5)C4)C(F)CC(C1=O)C32. The minimum atomic E-state index is -1.28. The number of likely N-dealkylation sites (tertiary alicyclic amines) is 2. The van der Waals surface area contributed by atoms with Crippen LogP contribution in [0.1, 0.15) is 77.0 Å². The van der Waals surface area contributed by atoms with Crippen LogP contribution < -0.4 is 10.6 Å². The quantitative estimate of drug-likeness (QED) is 0.340. The predicted octanol–water partition coefficient (Wildman–Crippen LogP) is 1.87. The molecule has 2 amide bonds. The molecular formula is C40H61FN6O6. The molecule has 294 valence electrons. The number of carbonyl (C=O) groups is 3. The van der Waals surface area contributed by atoms with Crippen LogP contribution in [0.25, 0.3) is 0 Å². The zero-order valence-corrected chi connectivity index (χ0v) is 31.5. The maximum absolute atomic E-state index is 16.8. The number of halogens is 1. The standard InChI is InChI=1S/C40H61FN6O6/c1-44-12-4-5-25(44)8-11-42-40(50)29-23-47-31-21-33-27(26-6-2-3-7-32(26)52-33)20-34(31)53-39-36(47)28(38(29)49)19-30(41)37(39)46-14-9-24(22-46)43-35(48)10-13-45-15-17-51-18-16-45/h23-28,30-34,36-37,39H,2-22H2,1H3,(H,42,50)(H,43,48)/t24-,25?,26?,27?,28?,30?,31?,32?,33?,34?,36?,37?,39?/m1/s1. The van der Waals surface area contributed by atoms with Gasteiger partial charge in [0.1, 0.15) is 6.17 Å². The van der Waals surface area contributed by atoms with Gasteiger partial charge in [0.2, 0.25) is 5.91 Å². The summed E-state index contributed by atoms with van der Waals surface area (Å²) >= 11 is 0. The average molecular weight is 741 g/mol. The molecular weight excluding hydrogens is 679 g/mol. The highest BCUT2D eigenvalue weighted by Crippen LogP contribution is 2.53. The van der Waals surface area contributed by atoms with Gasteiger partial charge in [-0.2, -0.15) is 0 Å². The molecule has 53 heavy (non-hydrogen) atoms. The summed E-state index contributed by atoms with van der Waals surface area (Å²) in [6.45, 7) is 6.65. The smallest absolute Gasteiger partial charge is 0.256 e. The molecule has 2 N–H and O–H groups in total. The first-order valence-corrected chi connectivity index (χ1v) is 21.1. The van der Waals surface area contributed by atoms with Crippen LogP contribution in [-0.2, 0) is 28.6 Å². The third-order valence-corrected chi connectivity index (χ3v) is 14.9. The Hall–Kier alpha value is -2.16. The van der Waals surface area contributed by atoms with E-state index in [1.807, 2.05) is 6.20 Å². The zero-order valence-electron chi connectivity index (χ0n) is 31.5. The monoisotopic (exact) mass is 740 g/mol. The van der Waals surface area contributed by atoms with Crippen LogP contribution >= 0.6 is 0 Å². The summed E-state index contributed by atoms with van der Waals surface area (Å²) in [7, 11) is 2.13. The molecule has 12 unspecified atom stereocenters. The molecule has 6 heterocycles. The predicted molar refractivity (Wildman–Crippen MR) is 195 cm³/mol. The molecule has 6 aliphatic heterocycles. The van der Waals surface area contributed by atoms with Crippen LogP contribution in [0.2, 0.25) is 0 Å². The van der Waals surface area contributed by atoms with Gasteiger partial charge in [0.15, 0.2) is 5.78 Å². The second-order valence-corrected chi connectivity index (χ2v) is 17.8. The summed E-state index contributed by atoms with van der Waals surface area (Å²) in [5.41, 5.74) is 0.167. The normalized spacial score (nSPS) is 43.1. The van der Waals surface area contributed by atoms with Crippen molar-refractivity contribution in [1.82, 2.24) is 30.2 Å². The highest BCUT2D eigenvalue weighted by Gasteiger charge is 2.62. The van der Waals surface area contributed by atoms with Gasteiger partial charge in [-0.25, -0.2) is 4.39 Å². The van der Waals surface area contributed by atoms with E-state index in [0.717, 1.165) is 58.2 Å². The fraction of sp³-hybridized carbons (Fsp3) is 0.875. The molecule has 9 aliphatic rings. The number of alkyl halides is 1. The minimum absolute atomic E-state index is 0.0305. The number of amides is 2. The highest BCUT2D eigenvalue weighted by atomic mass is 19.1. The Kier molecular flexibility index (Phi) is 10.6. The van der Waals surface area contributed by atoms with Gasteiger partial charge in [-0.15, -0.1) is 0 Å². The van der Waals surface area contributed by atoms with Crippen molar-refractivity contribution in [3.05, 3.63) is 11.8 Å². The van der Waals surface area contributed by atoms with E-state index in [2.05, 4.69) is 37.3 Å². The van der Waals surface area contributed by atoms with Crippen LogP contribution in [0.15, 0.2) is 11.8 Å². The molecule has 0 spiro atoms. The number of hydrogen-bond acceptors (Lipinski definition) is 10. The lowest BCUT2D eigenvalue weighted by Crippen LogP contribution is -2.73. The van der Waals surface area contributed by atoms with Crippen molar-refractivity contribution in [3.8, 4) is 0 Å². The maximum Gasteiger partial charge on any atom is 0.256 e. The van der Waals surface area contributed by atoms with Gasteiger partial charge >= 0.3 is 0 Å². The number of ketones is 1. The van der Waals surface area contributed by atoms with E-state index in [1.165, 1.54) is 25.7 Å². The number of fused-ring (bicyclic) bond motifs is 5. The summed E-state index contributed by atoms with van der Waals surface area (Å²) in [5.74, 6) is -0.236. The lowest BCUT2D eigenvalue weighted by molar-refractivity contribution is -0.220. The molecule has 12 nitrogen and oxygen atoms in total. The second-order valence-electron chi connectivity index (χ2n) is 17.8. The van der Waals surface area contributed by atoms with Gasteiger partial charge in [-0.3, -0.25) is 24.2 Å². The Morgan fingerprint density at radius 1 is 0.906 bits per heavy atom. The summed E-state index contributed by atoms with van der Waals surface area (Å²) in [6.07, 6.45) is 11.2. The first kappa shape index (κ1) is 36.5. The van der Waals surface area contributed by atoms with Gasteiger partial charge < -0.3 is 34.6 Å². The van der Waals surface area contributed by atoms with E-state index in [4.69, 9.17) is 14.2 Å². The molecule has 0 aromatic rings. The molecule has 0 aromatic carbocycles. The average Bonchev–Trinajstić information content (AvgIpc) is 3.89. The van der Waals surface area contributed by atoms with Crippen LogP contribution in [0, 0.1) is 17.8 Å². The number of rotatable bonds is 9. The van der Waals surface area contributed by atoms with Crippen molar-refractivity contribution in [2.24, 2.45) is 17.8 Å². The van der Waals surface area contributed by atoms with E-state index in [9.17, 15) is 14.4 Å². The first-order chi connectivity index (χ1) is 25.8. The lowest BCUT2D eigenvalue weighted by atomic mass is 9.67. The minimum Gasteiger partial charge on any atom is -0.379 e. The Labute approximate surface area is 313 Å². The van der Waals surface area contributed by atoms with Gasteiger partial charge in [0.25, 0.3) is 5.91 Å². The van der Waals surface area contributed by atoms with Gasteiger partial charge in [0, 0.05) is 69.9 Å². The van der Waals surface area contributed by atoms with Gasteiger partial charge in [0.05, 0.1) is 61.3 Å². The van der Waals surface area contributed by atoms with E-state index in [0.29, 0.717) is 69.8 Å². The van der Waals surface area contributed by atoms with Crippen LogP contribution in [0.3, 0.4) is 0 Å². The molecule has 3 saturated carbocycles. The Morgan fingerprint density at radius 3 is 2.58 bits per heavy atom. The summed E-state index contributed by atoms with van der Waals surface area (Å²) in [4.78, 5) is 50.1. The second kappa shape index (κ2) is 15.4. The molecule has 13 heteroatoms. The molecule has 0 radical (unpaired) electrons. The fourth-order valence-electron chi connectivity index (χ4n) is 12.2. The molecule has 0 bridgehead atoms. The topological polar surface area (TPSA) is 116 Å². The third-order valence-electron chi connectivity index (χ3n) is 14.9. The van der Waals surface area contributed by atoms with Crippen molar-refractivity contribution in [2.75, 3.05) is 66.1 Å². The number of ether oxygens (including phenoxy) is 3. The van der Waals surface area contributed by atoms with E-state index >= 15 is 4.39 Å². The van der Waals surface area contributed by atoms with Crippen molar-refractivity contribution < 1.29 is 33.0 Å². The summed E-state index contributed by atoms with van der Waals surface area (Å²) in [6, 6.07) is -0.497. The van der Waals surface area contributed by atoms with Crippen LogP contribution in [0.5, 0.6) is 0 Å². The van der Waals surface area contributed by atoms with Crippen LogP contribution in [0.4, 0.5) is 4.39 Å². The summed E-state index contributed by atoms with van der Waals surface area (Å²) in [5, 5.41) is 6.31. The Balaban J connectivity index is 0.931. The highest BCUT2D eigenvalue weighted by molar-refractivity contribution is 6.20. The lowest BCUT2D eigenvalue weighted by Gasteiger charge is -2.61. The number of morpholine rings is 2. The van der Waals surface area contributed by atoms with Gasteiger partial charge in [-0.05, 0) is 83.2 Å². The van der Waals surface area contributed by atoms with Crippen molar-refractivity contribution in [2.45, 2.75) is 138 Å². The first-order valence-electron chi connectivity index (χ1n) is 21.1. The molecule has 8 fully saturated rings. The maximum atomic E-state index is 16.8. The van der Waals surface area contributed by atoms with Gasteiger partial charge in [-0.1, -0.05) is 12.8 Å². The van der Waals surface area contributed by atoms with Crippen LogP contribution in [-0.4, -0.2) is 164 Å². The van der Waals surface area contributed by atoms with Crippen molar-refractivity contribution in [1.29, 1.82) is 0 Å². The van der Waals surface area contributed by atoms with E-state index < -0.39 is 24.2 Å². The van der Waals surface area contributed by atoms with E-state index in [-0.39, 0.29) is 59.9 Å². The summed E-state index contributed by atoms with van der Waals surface area (Å²) < 4.78 is 36.1. The zero-order chi connectivity index (χ0) is 36.2. The molecule has 5 saturated heterocycles. The number of Topliss-reactive ketones (excluding diaryl/α,β-unsaturated/α-hetero) is 1. The Morgan fingerprint density at radius 2 is 1.75 bits per heavy atom. The number of nitrogens with zero attached hydrogens (tertiary/aromatic N) is 4. The molecule has 13 atom stereocenters. The van der Waals surface area contributed by atoms with E-state index in [1.54, 1.807) is 0 Å². The number of carbonyl (C=O) groups excluding carboxylic acids is 3. The third kappa shape index (κ3) is 7.09. The fourth-order valence-corrected chi connectivity index (χ4v) is 12.2. The number of nitrogens with one attached hydrogen (secondary N) is 2. The molecule has 9 rings (SSSR count). The van der Waals surface area contributed by atoms with Crippen molar-refractivity contribution in [3.63, 3.8) is 0 Å².